The number of nitrogens with zero attached hydrogens (tertiary/aromatic N) is 1. The van der Waals surface area contributed by atoms with Gasteiger partial charge in [0.1, 0.15) is 0 Å². The van der Waals surface area contributed by atoms with Crippen LogP contribution in [-0.2, 0) is 10.5 Å². The van der Waals surface area contributed by atoms with E-state index in [2.05, 4.69) is 4.98 Å². The normalized spacial score (nSPS) is 12.7. The summed E-state index contributed by atoms with van der Waals surface area (Å²) in [6, 6.07) is 0. The van der Waals surface area contributed by atoms with Crippen molar-refractivity contribution in [2.75, 3.05) is 0 Å². The average Bonchev–Trinajstić information content (AvgIpc) is 2.51. The van der Waals surface area contributed by atoms with Crippen molar-refractivity contribution in [2.24, 2.45) is 0 Å². The van der Waals surface area contributed by atoms with Gasteiger partial charge in [-0.05, 0) is 0 Å². The van der Waals surface area contributed by atoms with Crippen LogP contribution in [0.2, 0.25) is 0 Å². The van der Waals surface area contributed by atoms with E-state index >= 15 is 0 Å². The van der Waals surface area contributed by atoms with Gasteiger partial charge in [0.2, 0.25) is 0 Å². The van der Waals surface area contributed by atoms with Gasteiger partial charge in [0.25, 0.3) is 0 Å². The number of carboxylic acid groups (broad SMARTS) is 1. The summed E-state index contributed by atoms with van der Waals surface area (Å²) < 4.78 is 0. The zero-order valence-corrected chi connectivity index (χ0v) is 8.90. The second kappa shape index (κ2) is 5.24. The Labute approximate surface area is 85.2 Å². The number of thiazole rings is 1. The van der Waals surface area contributed by atoms with Gasteiger partial charge in [-0.1, -0.05) is 6.92 Å². The maximum absolute atomic E-state index is 10.3. The fourth-order valence-electron chi connectivity index (χ4n) is 0.843. The highest BCUT2D eigenvalue weighted by Gasteiger charge is 2.08. The summed E-state index contributed by atoms with van der Waals surface area (Å²) >= 11 is 3.26. The van der Waals surface area contributed by atoms with E-state index in [1.807, 2.05) is 13.1 Å². The van der Waals surface area contributed by atoms with Gasteiger partial charge in [-0.15, -0.1) is 11.3 Å². The van der Waals surface area contributed by atoms with E-state index in [0.717, 1.165) is 5.75 Å². The summed E-state index contributed by atoms with van der Waals surface area (Å²) in [4.78, 5) is 15.5. The maximum Gasteiger partial charge on any atom is 0.304 e. The largest absolute Gasteiger partial charge is 0.481 e. The lowest BCUT2D eigenvalue weighted by atomic mass is 10.3. The van der Waals surface area contributed by atoms with Gasteiger partial charge in [-0.25, -0.2) is 0 Å². The highest BCUT2D eigenvalue weighted by molar-refractivity contribution is 7.99. The molecule has 0 fully saturated rings. The molecule has 72 valence electrons. The zero-order chi connectivity index (χ0) is 9.68. The first-order chi connectivity index (χ1) is 6.18. The topological polar surface area (TPSA) is 50.2 Å². The Hall–Kier alpha value is -0.550. The average molecular weight is 217 g/mol. The van der Waals surface area contributed by atoms with Gasteiger partial charge in [0.15, 0.2) is 0 Å². The van der Waals surface area contributed by atoms with Crippen LogP contribution in [-0.4, -0.2) is 21.3 Å². The van der Waals surface area contributed by atoms with Gasteiger partial charge >= 0.3 is 5.97 Å². The molecule has 0 spiro atoms. The van der Waals surface area contributed by atoms with Gasteiger partial charge in [0, 0.05) is 22.1 Å². The van der Waals surface area contributed by atoms with Crippen molar-refractivity contribution in [3.63, 3.8) is 0 Å². The lowest BCUT2D eigenvalue weighted by molar-refractivity contribution is -0.136. The van der Waals surface area contributed by atoms with E-state index in [-0.39, 0.29) is 11.7 Å². The van der Waals surface area contributed by atoms with Gasteiger partial charge < -0.3 is 5.11 Å². The zero-order valence-electron chi connectivity index (χ0n) is 7.27. The predicted molar refractivity (Wildman–Crippen MR) is 55.1 cm³/mol. The van der Waals surface area contributed by atoms with E-state index < -0.39 is 5.97 Å². The van der Waals surface area contributed by atoms with E-state index in [1.165, 1.54) is 4.88 Å². The van der Waals surface area contributed by atoms with Crippen molar-refractivity contribution < 1.29 is 9.90 Å². The van der Waals surface area contributed by atoms with Crippen molar-refractivity contribution in [1.29, 1.82) is 0 Å². The van der Waals surface area contributed by atoms with Gasteiger partial charge in [-0.3, -0.25) is 9.78 Å². The fraction of sp³-hybridized carbons (Fsp3) is 0.500. The quantitative estimate of drug-likeness (QED) is 0.821. The second-order valence-corrected chi connectivity index (χ2v) is 5.08. The number of carboxylic acids is 1. The summed E-state index contributed by atoms with van der Waals surface area (Å²) in [7, 11) is 0. The molecule has 0 amide bonds. The highest BCUT2D eigenvalue weighted by Crippen LogP contribution is 2.21. The van der Waals surface area contributed by atoms with Crippen molar-refractivity contribution in [3.05, 3.63) is 16.6 Å². The number of thioether (sulfide) groups is 1. The van der Waals surface area contributed by atoms with E-state index in [4.69, 9.17) is 5.11 Å². The number of hydrogen-bond acceptors (Lipinski definition) is 4. The summed E-state index contributed by atoms with van der Waals surface area (Å²) in [5, 5.41) is 8.68. The first kappa shape index (κ1) is 10.5. The predicted octanol–water partition coefficient (Wildman–Crippen LogP) is 2.24. The van der Waals surface area contributed by atoms with Crippen LogP contribution in [0.5, 0.6) is 0 Å². The molecular weight excluding hydrogens is 206 g/mol. The van der Waals surface area contributed by atoms with Crippen molar-refractivity contribution >= 4 is 29.1 Å². The molecule has 0 saturated heterocycles. The molecule has 0 bridgehead atoms. The third-order valence-electron chi connectivity index (χ3n) is 1.46. The molecule has 1 aromatic rings. The first-order valence-corrected chi connectivity index (χ1v) is 5.82. The van der Waals surface area contributed by atoms with Crippen LogP contribution in [0.15, 0.2) is 11.7 Å². The number of carbonyl (C=O) groups is 1. The molecule has 5 heteroatoms. The van der Waals surface area contributed by atoms with E-state index in [9.17, 15) is 4.79 Å². The molecule has 1 rings (SSSR count). The Morgan fingerprint density at radius 3 is 3.15 bits per heavy atom. The monoisotopic (exact) mass is 217 g/mol. The molecule has 0 aliphatic heterocycles. The minimum absolute atomic E-state index is 0.166. The molecule has 1 aromatic heterocycles. The third kappa shape index (κ3) is 4.28. The van der Waals surface area contributed by atoms with E-state index in [0.29, 0.717) is 0 Å². The number of aromatic nitrogens is 1. The molecule has 3 nitrogen and oxygen atoms in total. The van der Waals surface area contributed by atoms with Crippen LogP contribution in [0.4, 0.5) is 0 Å². The number of rotatable bonds is 5. The minimum atomic E-state index is -0.732. The minimum Gasteiger partial charge on any atom is -0.481 e. The maximum atomic E-state index is 10.3. The molecule has 13 heavy (non-hydrogen) atoms. The Morgan fingerprint density at radius 2 is 2.62 bits per heavy atom. The molecule has 0 aliphatic carbocycles. The summed E-state index contributed by atoms with van der Waals surface area (Å²) in [6.45, 7) is 1.93. The molecule has 0 aliphatic rings. The van der Waals surface area contributed by atoms with Crippen LogP contribution >= 0.6 is 23.1 Å². The molecule has 1 N–H and O–H groups in total. The van der Waals surface area contributed by atoms with Crippen LogP contribution in [0.25, 0.3) is 0 Å². The van der Waals surface area contributed by atoms with E-state index in [1.54, 1.807) is 28.6 Å². The Balaban J connectivity index is 2.22. The Morgan fingerprint density at radius 1 is 1.85 bits per heavy atom. The van der Waals surface area contributed by atoms with Crippen LogP contribution in [0.1, 0.15) is 18.2 Å². The summed E-state index contributed by atoms with van der Waals surface area (Å²) in [5.74, 6) is 0.128. The molecule has 1 unspecified atom stereocenters. The number of hydrogen-bond donors (Lipinski definition) is 1. The molecule has 0 saturated carbocycles. The third-order valence-corrected chi connectivity index (χ3v) is 3.63. The molecule has 1 atom stereocenters. The van der Waals surface area contributed by atoms with Gasteiger partial charge in [-0.2, -0.15) is 11.8 Å². The van der Waals surface area contributed by atoms with Crippen LogP contribution < -0.4 is 0 Å². The lowest BCUT2D eigenvalue weighted by Gasteiger charge is -2.05. The van der Waals surface area contributed by atoms with Crippen LogP contribution in [0.3, 0.4) is 0 Å². The summed E-state index contributed by atoms with van der Waals surface area (Å²) in [6.07, 6.45) is 2.05. The standard InChI is InChI=1S/C8H11NO2S2/c1-6(2-8(10)11)12-4-7-3-9-5-13-7/h3,5-6H,2,4H2,1H3,(H,10,11). The fourth-order valence-corrected chi connectivity index (χ4v) is 2.48. The number of aliphatic carboxylic acids is 1. The van der Waals surface area contributed by atoms with Gasteiger partial charge in [0.05, 0.1) is 11.9 Å². The molecular formula is C8H11NO2S2. The first-order valence-electron chi connectivity index (χ1n) is 3.89. The van der Waals surface area contributed by atoms with Crippen LogP contribution in [0, 0.1) is 0 Å². The molecule has 1 heterocycles. The lowest BCUT2D eigenvalue weighted by Crippen LogP contribution is -2.05. The SMILES string of the molecule is CC(CC(=O)O)SCc1cncs1. The summed E-state index contributed by atoms with van der Waals surface area (Å²) in [5.41, 5.74) is 1.79. The van der Waals surface area contributed by atoms with Crippen molar-refractivity contribution in [3.8, 4) is 0 Å². The van der Waals surface area contributed by atoms with Crippen molar-refractivity contribution in [1.82, 2.24) is 4.98 Å². The highest BCUT2D eigenvalue weighted by atomic mass is 32.2. The molecule has 0 aromatic carbocycles. The smallest absolute Gasteiger partial charge is 0.304 e. The Kier molecular flexibility index (Phi) is 4.24. The van der Waals surface area contributed by atoms with Crippen molar-refractivity contribution in [2.45, 2.75) is 24.3 Å². The second-order valence-electron chi connectivity index (χ2n) is 2.69. The Bertz CT molecular complexity index is 261. The molecule has 0 radical (unpaired) electrons.